The van der Waals surface area contributed by atoms with Gasteiger partial charge in [0.1, 0.15) is 11.6 Å². The number of rotatable bonds is 2. The first-order valence-electron chi connectivity index (χ1n) is 5.30. The first kappa shape index (κ1) is 11.2. The van der Waals surface area contributed by atoms with E-state index in [0.717, 1.165) is 23.4 Å². The van der Waals surface area contributed by atoms with Gasteiger partial charge in [0.05, 0.1) is 5.69 Å². The van der Waals surface area contributed by atoms with Crippen molar-refractivity contribution in [2.45, 2.75) is 26.3 Å². The van der Waals surface area contributed by atoms with Crippen LogP contribution in [-0.4, -0.2) is 27.7 Å². The fourth-order valence-corrected chi connectivity index (χ4v) is 2.84. The quantitative estimate of drug-likeness (QED) is 0.846. The smallest absolute Gasteiger partial charge is 0.167 e. The van der Waals surface area contributed by atoms with E-state index in [1.54, 1.807) is 0 Å². The lowest BCUT2D eigenvalue weighted by molar-refractivity contribution is 0.795. The number of nitriles is 1. The van der Waals surface area contributed by atoms with Crippen molar-refractivity contribution in [1.29, 1.82) is 5.26 Å². The van der Waals surface area contributed by atoms with Crippen LogP contribution >= 0.6 is 11.8 Å². The zero-order valence-electron chi connectivity index (χ0n) is 9.45. The second kappa shape index (κ2) is 4.71. The molecule has 0 aliphatic carbocycles. The Morgan fingerprint density at radius 1 is 1.44 bits per heavy atom. The van der Waals surface area contributed by atoms with E-state index in [1.807, 2.05) is 25.6 Å². The summed E-state index contributed by atoms with van der Waals surface area (Å²) in [6.07, 6.45) is 1.13. The molecule has 0 radical (unpaired) electrons. The van der Waals surface area contributed by atoms with E-state index in [4.69, 9.17) is 5.26 Å². The van der Waals surface area contributed by atoms with E-state index < -0.39 is 0 Å². The van der Waals surface area contributed by atoms with E-state index in [0.29, 0.717) is 17.4 Å². The highest BCUT2D eigenvalue weighted by molar-refractivity contribution is 7.99. The molecule has 1 atom stereocenters. The van der Waals surface area contributed by atoms with Crippen LogP contribution in [0.15, 0.2) is 0 Å². The molecule has 4 nitrogen and oxygen atoms in total. The van der Waals surface area contributed by atoms with Crippen LogP contribution in [0, 0.1) is 25.2 Å². The van der Waals surface area contributed by atoms with Crippen molar-refractivity contribution < 1.29 is 0 Å². The monoisotopic (exact) mass is 234 g/mol. The molecule has 1 N–H and O–H groups in total. The van der Waals surface area contributed by atoms with E-state index in [2.05, 4.69) is 21.6 Å². The second-order valence-corrected chi connectivity index (χ2v) is 5.10. The Hall–Kier alpha value is -1.28. The Labute approximate surface area is 99.5 Å². The van der Waals surface area contributed by atoms with Gasteiger partial charge in [-0.05, 0) is 31.6 Å². The fraction of sp³-hybridized carbons (Fsp3) is 0.545. The summed E-state index contributed by atoms with van der Waals surface area (Å²) in [6.45, 7) is 3.79. The summed E-state index contributed by atoms with van der Waals surface area (Å²) < 4.78 is 0. The Balaban J connectivity index is 2.26. The van der Waals surface area contributed by atoms with Crippen molar-refractivity contribution in [3.05, 3.63) is 16.8 Å². The third-order valence-corrected chi connectivity index (χ3v) is 4.00. The SMILES string of the molecule is Cc1nnc(NC2CCSC2)c(C#N)c1C. The normalized spacial score (nSPS) is 19.4. The molecule has 84 valence electrons. The van der Waals surface area contributed by atoms with Crippen molar-refractivity contribution in [3.63, 3.8) is 0 Å². The van der Waals surface area contributed by atoms with Gasteiger partial charge in [-0.25, -0.2) is 0 Å². The van der Waals surface area contributed by atoms with Crippen molar-refractivity contribution >= 4 is 17.6 Å². The Morgan fingerprint density at radius 2 is 2.25 bits per heavy atom. The van der Waals surface area contributed by atoms with E-state index in [9.17, 15) is 0 Å². The molecular weight excluding hydrogens is 220 g/mol. The van der Waals surface area contributed by atoms with Crippen LogP contribution in [0.4, 0.5) is 5.82 Å². The van der Waals surface area contributed by atoms with Crippen molar-refractivity contribution in [1.82, 2.24) is 10.2 Å². The fourth-order valence-electron chi connectivity index (χ4n) is 1.69. The molecule has 2 heterocycles. The molecular formula is C11H14N4S. The molecule has 1 aromatic heterocycles. The second-order valence-electron chi connectivity index (χ2n) is 3.95. The van der Waals surface area contributed by atoms with Gasteiger partial charge in [-0.3, -0.25) is 0 Å². The molecule has 1 aliphatic heterocycles. The molecule has 5 heteroatoms. The van der Waals surface area contributed by atoms with Crippen LogP contribution in [0.5, 0.6) is 0 Å². The predicted molar refractivity (Wildman–Crippen MR) is 65.6 cm³/mol. The number of aryl methyl sites for hydroxylation is 1. The van der Waals surface area contributed by atoms with Crippen LogP contribution in [-0.2, 0) is 0 Å². The highest BCUT2D eigenvalue weighted by atomic mass is 32.2. The standard InChI is InChI=1S/C11H14N4S/c1-7-8(2)14-15-11(10(7)5-12)13-9-3-4-16-6-9/h9H,3-4,6H2,1-2H3,(H,13,15). The Morgan fingerprint density at radius 3 is 2.88 bits per heavy atom. The zero-order chi connectivity index (χ0) is 11.5. The maximum atomic E-state index is 9.13. The van der Waals surface area contributed by atoms with Gasteiger partial charge >= 0.3 is 0 Å². The molecule has 1 saturated heterocycles. The van der Waals surface area contributed by atoms with Gasteiger partial charge in [0, 0.05) is 11.8 Å². The maximum Gasteiger partial charge on any atom is 0.167 e. The zero-order valence-corrected chi connectivity index (χ0v) is 10.3. The minimum atomic E-state index is 0.425. The average Bonchev–Trinajstić information content (AvgIpc) is 2.77. The lowest BCUT2D eigenvalue weighted by Gasteiger charge is -2.13. The van der Waals surface area contributed by atoms with Gasteiger partial charge in [0.25, 0.3) is 0 Å². The average molecular weight is 234 g/mol. The number of hydrogen-bond acceptors (Lipinski definition) is 5. The van der Waals surface area contributed by atoms with Crippen molar-refractivity contribution in [3.8, 4) is 6.07 Å². The third-order valence-electron chi connectivity index (χ3n) is 2.84. The number of thioether (sulfide) groups is 1. The van der Waals surface area contributed by atoms with Gasteiger partial charge in [0.2, 0.25) is 0 Å². The first-order valence-corrected chi connectivity index (χ1v) is 6.46. The summed E-state index contributed by atoms with van der Waals surface area (Å²) >= 11 is 1.93. The summed E-state index contributed by atoms with van der Waals surface area (Å²) in [5, 5.41) is 20.6. The van der Waals surface area contributed by atoms with E-state index in [-0.39, 0.29) is 0 Å². The predicted octanol–water partition coefficient (Wildman–Crippen LogP) is 1.88. The minimum absolute atomic E-state index is 0.425. The topological polar surface area (TPSA) is 61.6 Å². The van der Waals surface area contributed by atoms with E-state index in [1.165, 1.54) is 5.75 Å². The lowest BCUT2D eigenvalue weighted by atomic mass is 10.1. The third kappa shape index (κ3) is 2.12. The van der Waals surface area contributed by atoms with Crippen LogP contribution in [0.3, 0.4) is 0 Å². The molecule has 16 heavy (non-hydrogen) atoms. The maximum absolute atomic E-state index is 9.13. The summed E-state index contributed by atoms with van der Waals surface area (Å²) in [5.74, 6) is 2.90. The van der Waals surface area contributed by atoms with Crippen molar-refractivity contribution in [2.75, 3.05) is 16.8 Å². The lowest BCUT2D eigenvalue weighted by Crippen LogP contribution is -2.20. The molecule has 1 unspecified atom stereocenters. The molecule has 1 fully saturated rings. The van der Waals surface area contributed by atoms with Gasteiger partial charge in [-0.1, -0.05) is 0 Å². The highest BCUT2D eigenvalue weighted by Gasteiger charge is 2.18. The molecule has 1 aromatic rings. The highest BCUT2D eigenvalue weighted by Crippen LogP contribution is 2.23. The Bertz CT molecular complexity index is 432. The van der Waals surface area contributed by atoms with Gasteiger partial charge in [0.15, 0.2) is 5.82 Å². The summed E-state index contributed by atoms with van der Waals surface area (Å²) in [7, 11) is 0. The Kier molecular flexibility index (Phi) is 3.30. The van der Waals surface area contributed by atoms with Gasteiger partial charge in [-0.2, -0.15) is 22.1 Å². The van der Waals surface area contributed by atoms with Gasteiger partial charge in [-0.15, -0.1) is 5.10 Å². The van der Waals surface area contributed by atoms with Crippen LogP contribution in [0.25, 0.3) is 0 Å². The molecule has 0 spiro atoms. The largest absolute Gasteiger partial charge is 0.364 e. The van der Waals surface area contributed by atoms with Crippen molar-refractivity contribution in [2.24, 2.45) is 0 Å². The first-order chi connectivity index (χ1) is 7.72. The van der Waals surface area contributed by atoms with Crippen LogP contribution < -0.4 is 5.32 Å². The summed E-state index contributed by atoms with van der Waals surface area (Å²) in [4.78, 5) is 0. The number of anilines is 1. The molecule has 0 bridgehead atoms. The van der Waals surface area contributed by atoms with Crippen LogP contribution in [0.2, 0.25) is 0 Å². The summed E-state index contributed by atoms with van der Waals surface area (Å²) in [6, 6.07) is 2.63. The van der Waals surface area contributed by atoms with Crippen LogP contribution in [0.1, 0.15) is 23.2 Å². The number of hydrogen-bond donors (Lipinski definition) is 1. The molecule has 0 saturated carbocycles. The molecule has 0 aromatic carbocycles. The number of aromatic nitrogens is 2. The molecule has 2 rings (SSSR count). The minimum Gasteiger partial charge on any atom is -0.364 e. The summed E-state index contributed by atoms with van der Waals surface area (Å²) in [5.41, 5.74) is 2.37. The molecule has 1 aliphatic rings. The number of nitrogens with one attached hydrogen (secondary N) is 1. The van der Waals surface area contributed by atoms with Gasteiger partial charge < -0.3 is 5.32 Å². The molecule has 0 amide bonds. The van der Waals surface area contributed by atoms with E-state index >= 15 is 0 Å². The number of nitrogens with zero attached hydrogens (tertiary/aromatic N) is 3.